The van der Waals surface area contributed by atoms with Gasteiger partial charge in [-0.15, -0.1) is 0 Å². The lowest BCUT2D eigenvalue weighted by molar-refractivity contribution is -0.385. The Labute approximate surface area is 155 Å². The molecule has 0 saturated carbocycles. The molecule has 0 aliphatic heterocycles. The van der Waals surface area contributed by atoms with Crippen LogP contribution in [0.25, 0.3) is 11.1 Å². The van der Waals surface area contributed by atoms with E-state index in [-0.39, 0.29) is 11.1 Å². The first kappa shape index (κ1) is 20.1. The molecule has 142 valence electrons. The smallest absolute Gasteiger partial charge is 0.336 e. The molecular weight excluding hydrogens is 352 g/mol. The summed E-state index contributed by atoms with van der Waals surface area (Å²) < 4.78 is 5.19. The number of hydrogen-bond acceptors (Lipinski definition) is 6. The number of nitro groups is 1. The fourth-order valence-corrected chi connectivity index (χ4v) is 2.65. The Morgan fingerprint density at radius 1 is 1.15 bits per heavy atom. The average Bonchev–Trinajstić information content (AvgIpc) is 2.58. The van der Waals surface area contributed by atoms with Crippen LogP contribution < -0.4 is 5.73 Å². The number of aromatic carboxylic acids is 1. The molecule has 0 aliphatic carbocycles. The minimum Gasteiger partial charge on any atom is -0.478 e. The Kier molecular flexibility index (Phi) is 5.61. The second kappa shape index (κ2) is 7.55. The van der Waals surface area contributed by atoms with E-state index in [0.29, 0.717) is 5.56 Å². The number of benzene rings is 2. The monoisotopic (exact) mass is 372 g/mol. The lowest BCUT2D eigenvalue weighted by Gasteiger charge is -2.23. The van der Waals surface area contributed by atoms with Crippen molar-refractivity contribution < 1.29 is 24.4 Å². The number of carbonyl (C=O) groups is 2. The average molecular weight is 372 g/mol. The van der Waals surface area contributed by atoms with Crippen LogP contribution in [-0.2, 0) is 9.53 Å². The predicted molar refractivity (Wildman–Crippen MR) is 98.3 cm³/mol. The second-order valence-corrected chi connectivity index (χ2v) is 6.86. The van der Waals surface area contributed by atoms with E-state index in [0.717, 1.165) is 6.07 Å². The van der Waals surface area contributed by atoms with Crippen molar-refractivity contribution in [3.63, 3.8) is 0 Å². The van der Waals surface area contributed by atoms with Gasteiger partial charge in [0.25, 0.3) is 5.69 Å². The molecule has 0 aliphatic rings. The maximum Gasteiger partial charge on any atom is 0.336 e. The van der Waals surface area contributed by atoms with E-state index in [4.69, 9.17) is 10.5 Å². The number of nitrogens with two attached hydrogens (primary N) is 1. The number of carboxylic acid groups (broad SMARTS) is 1. The van der Waals surface area contributed by atoms with Crippen LogP contribution in [0.5, 0.6) is 0 Å². The molecule has 2 aromatic carbocycles. The number of rotatable bonds is 5. The zero-order chi connectivity index (χ0) is 20.4. The first-order valence-corrected chi connectivity index (χ1v) is 8.11. The van der Waals surface area contributed by atoms with Crippen molar-refractivity contribution in [1.29, 1.82) is 0 Å². The number of carboxylic acids is 1. The Bertz CT molecular complexity index is 887. The summed E-state index contributed by atoms with van der Waals surface area (Å²) >= 11 is 0. The molecule has 0 saturated heterocycles. The maximum absolute atomic E-state index is 12.4. The van der Waals surface area contributed by atoms with Gasteiger partial charge in [-0.1, -0.05) is 30.3 Å². The molecule has 0 heterocycles. The number of nitro benzene ring substituents is 1. The Hall–Kier alpha value is -3.26. The number of nitrogens with zero attached hydrogens (tertiary/aromatic N) is 1. The lowest BCUT2D eigenvalue weighted by atomic mass is 9.90. The molecule has 0 fully saturated rings. The topological polar surface area (TPSA) is 133 Å². The molecule has 0 bridgehead atoms. The van der Waals surface area contributed by atoms with Gasteiger partial charge >= 0.3 is 11.9 Å². The van der Waals surface area contributed by atoms with Gasteiger partial charge in [-0.25, -0.2) is 9.59 Å². The molecule has 0 aromatic heterocycles. The third kappa shape index (κ3) is 4.48. The molecule has 3 N–H and O–H groups in total. The third-order valence-corrected chi connectivity index (χ3v) is 3.69. The number of hydrogen-bond donors (Lipinski definition) is 2. The normalized spacial score (nSPS) is 12.3. The van der Waals surface area contributed by atoms with Crippen LogP contribution in [0.4, 0.5) is 5.69 Å². The molecule has 0 radical (unpaired) electrons. The molecule has 2 rings (SSSR count). The molecule has 1 atom stereocenters. The molecule has 2 aromatic rings. The minimum atomic E-state index is -1.63. The van der Waals surface area contributed by atoms with Gasteiger partial charge in [0.2, 0.25) is 0 Å². The minimum absolute atomic E-state index is 0.225. The Morgan fingerprint density at radius 2 is 1.74 bits per heavy atom. The molecule has 0 spiro atoms. The highest BCUT2D eigenvalue weighted by atomic mass is 16.6. The summed E-state index contributed by atoms with van der Waals surface area (Å²) in [6.45, 7) is 4.85. The first-order chi connectivity index (χ1) is 12.5. The summed E-state index contributed by atoms with van der Waals surface area (Å²) in [6, 6.07) is 9.34. The molecule has 27 heavy (non-hydrogen) atoms. The van der Waals surface area contributed by atoms with Crippen LogP contribution in [0.3, 0.4) is 0 Å². The highest BCUT2D eigenvalue weighted by Gasteiger charge is 2.35. The van der Waals surface area contributed by atoms with E-state index in [1.54, 1.807) is 51.1 Å². The van der Waals surface area contributed by atoms with Crippen LogP contribution >= 0.6 is 0 Å². The quantitative estimate of drug-likeness (QED) is 0.467. The molecule has 8 nitrogen and oxygen atoms in total. The van der Waals surface area contributed by atoms with E-state index >= 15 is 0 Å². The summed E-state index contributed by atoms with van der Waals surface area (Å²) in [6.07, 6.45) is 0. The molecule has 1 unspecified atom stereocenters. The molecule has 8 heteroatoms. The van der Waals surface area contributed by atoms with Gasteiger partial charge in [0, 0.05) is 6.07 Å². The van der Waals surface area contributed by atoms with Crippen LogP contribution in [0.2, 0.25) is 0 Å². The molecular formula is C19H20N2O6. The zero-order valence-electron chi connectivity index (χ0n) is 15.1. The fraction of sp³-hybridized carbons (Fsp3) is 0.263. The summed E-state index contributed by atoms with van der Waals surface area (Å²) in [5.41, 5.74) is 4.47. The van der Waals surface area contributed by atoms with Crippen molar-refractivity contribution in [3.05, 3.63) is 63.7 Å². The van der Waals surface area contributed by atoms with E-state index < -0.39 is 39.8 Å². The van der Waals surface area contributed by atoms with E-state index in [1.807, 2.05) is 0 Å². The standard InChI is InChI=1S/C19H20N2O6/c1-19(2,3)27-18(24)16(20)15-13(21(25)26)10-9-12(14(15)17(22)23)11-7-5-4-6-8-11/h4-10,16H,20H2,1-3H3,(H,22,23). The van der Waals surface area contributed by atoms with E-state index in [2.05, 4.69) is 0 Å². The summed E-state index contributed by atoms with van der Waals surface area (Å²) in [5, 5.41) is 21.2. The van der Waals surface area contributed by atoms with Gasteiger partial charge < -0.3 is 15.6 Å². The highest BCUT2D eigenvalue weighted by molar-refractivity contribution is 6.01. The highest BCUT2D eigenvalue weighted by Crippen LogP contribution is 2.36. The second-order valence-electron chi connectivity index (χ2n) is 6.86. The largest absolute Gasteiger partial charge is 0.478 e. The number of carbonyl (C=O) groups excluding carboxylic acids is 1. The first-order valence-electron chi connectivity index (χ1n) is 8.11. The van der Waals surface area contributed by atoms with Crippen molar-refractivity contribution in [1.82, 2.24) is 0 Å². The van der Waals surface area contributed by atoms with Crippen LogP contribution in [-0.4, -0.2) is 27.6 Å². The van der Waals surface area contributed by atoms with Gasteiger partial charge in [0.1, 0.15) is 11.6 Å². The van der Waals surface area contributed by atoms with E-state index in [1.165, 1.54) is 6.07 Å². The van der Waals surface area contributed by atoms with Gasteiger partial charge in [-0.2, -0.15) is 0 Å². The van der Waals surface area contributed by atoms with Gasteiger partial charge in [0.15, 0.2) is 0 Å². The van der Waals surface area contributed by atoms with Gasteiger partial charge in [0.05, 0.1) is 16.1 Å². The van der Waals surface area contributed by atoms with Crippen LogP contribution in [0.15, 0.2) is 42.5 Å². The van der Waals surface area contributed by atoms with Gasteiger partial charge in [-0.05, 0) is 38.0 Å². The predicted octanol–water partition coefficient (Wildman–Crippen LogP) is 3.30. The summed E-state index contributed by atoms with van der Waals surface area (Å²) in [7, 11) is 0. The zero-order valence-corrected chi connectivity index (χ0v) is 15.1. The third-order valence-electron chi connectivity index (χ3n) is 3.69. The van der Waals surface area contributed by atoms with Crippen molar-refractivity contribution >= 4 is 17.6 Å². The lowest BCUT2D eigenvalue weighted by Crippen LogP contribution is -2.33. The van der Waals surface area contributed by atoms with Crippen molar-refractivity contribution in [2.24, 2.45) is 5.73 Å². The summed E-state index contributed by atoms with van der Waals surface area (Å²) in [4.78, 5) is 35.1. The van der Waals surface area contributed by atoms with Crippen molar-refractivity contribution in [3.8, 4) is 11.1 Å². The van der Waals surface area contributed by atoms with Crippen molar-refractivity contribution in [2.75, 3.05) is 0 Å². The van der Waals surface area contributed by atoms with Gasteiger partial charge in [-0.3, -0.25) is 10.1 Å². The van der Waals surface area contributed by atoms with E-state index in [9.17, 15) is 24.8 Å². The SMILES string of the molecule is CC(C)(C)OC(=O)C(N)c1c([N+](=O)[O-])ccc(-c2ccccc2)c1C(=O)O. The van der Waals surface area contributed by atoms with Crippen LogP contribution in [0.1, 0.15) is 42.7 Å². The fourth-order valence-electron chi connectivity index (χ4n) is 2.65. The Morgan fingerprint density at radius 3 is 2.22 bits per heavy atom. The van der Waals surface area contributed by atoms with Crippen LogP contribution in [0, 0.1) is 10.1 Å². The molecule has 0 amide bonds. The van der Waals surface area contributed by atoms with Crippen molar-refractivity contribution in [2.45, 2.75) is 32.4 Å². The summed E-state index contributed by atoms with van der Waals surface area (Å²) in [5.74, 6) is -2.37. The number of esters is 1. The maximum atomic E-state index is 12.4. The number of ether oxygens (including phenoxy) is 1. The Balaban J connectivity index is 2.74.